The molecule has 0 aliphatic heterocycles. The average Bonchev–Trinajstić information content (AvgIpc) is 2.51. The van der Waals surface area contributed by atoms with Crippen LogP contribution in [0.2, 0.25) is 0 Å². The van der Waals surface area contributed by atoms with Gasteiger partial charge >= 0.3 is 17.4 Å². The molecule has 0 fully saturated rings. The van der Waals surface area contributed by atoms with E-state index in [2.05, 4.69) is 39.6 Å². The fourth-order valence-corrected chi connectivity index (χ4v) is 1.72. The van der Waals surface area contributed by atoms with Gasteiger partial charge in [0.05, 0.1) is 0 Å². The van der Waals surface area contributed by atoms with E-state index in [1.165, 1.54) is 27.8 Å². The van der Waals surface area contributed by atoms with Gasteiger partial charge in [-0.3, -0.25) is 4.98 Å². The van der Waals surface area contributed by atoms with Crippen LogP contribution in [0.15, 0.2) is 30.6 Å². The molecule has 0 spiro atoms. The van der Waals surface area contributed by atoms with E-state index in [0.717, 1.165) is 0 Å². The first-order valence-electron chi connectivity index (χ1n) is 5.60. The molecule has 0 saturated heterocycles. The van der Waals surface area contributed by atoms with Crippen LogP contribution in [-0.4, -0.2) is 4.98 Å². The van der Waals surface area contributed by atoms with E-state index in [9.17, 15) is 0 Å². The van der Waals surface area contributed by atoms with Crippen molar-refractivity contribution in [2.75, 3.05) is 0 Å². The van der Waals surface area contributed by atoms with E-state index in [0.29, 0.717) is 0 Å². The van der Waals surface area contributed by atoms with Gasteiger partial charge < -0.3 is 14.9 Å². The van der Waals surface area contributed by atoms with Crippen molar-refractivity contribution in [2.45, 2.75) is 34.6 Å². The molecule has 0 N–H and O–H groups in total. The SMILES string of the molecule is Cc1c(C)c(C)[c-](C)c1C.[CH3-].[CH3-].[Cr+3].c1ccncc1. The van der Waals surface area contributed by atoms with E-state index in [1.54, 1.807) is 12.4 Å². The summed E-state index contributed by atoms with van der Waals surface area (Å²) < 4.78 is 0. The minimum absolute atomic E-state index is 0. The molecule has 19 heavy (non-hydrogen) atoms. The van der Waals surface area contributed by atoms with Gasteiger partial charge in [-0.05, 0) is 12.1 Å². The van der Waals surface area contributed by atoms with E-state index < -0.39 is 0 Å². The van der Waals surface area contributed by atoms with Crippen molar-refractivity contribution in [3.63, 3.8) is 0 Å². The largest absolute Gasteiger partial charge is 3.00 e. The van der Waals surface area contributed by atoms with Crippen LogP contribution in [0, 0.1) is 49.5 Å². The Morgan fingerprint density at radius 2 is 1.16 bits per heavy atom. The summed E-state index contributed by atoms with van der Waals surface area (Å²) in [6.45, 7) is 11.0. The minimum Gasteiger partial charge on any atom is -0.358 e. The van der Waals surface area contributed by atoms with Crippen LogP contribution in [0.4, 0.5) is 0 Å². The molecule has 1 aromatic heterocycles. The Labute approximate surface area is 130 Å². The molecule has 0 unspecified atom stereocenters. The van der Waals surface area contributed by atoms with Crippen molar-refractivity contribution in [3.05, 3.63) is 73.3 Å². The van der Waals surface area contributed by atoms with Crippen molar-refractivity contribution < 1.29 is 17.4 Å². The van der Waals surface area contributed by atoms with E-state index in [-0.39, 0.29) is 32.2 Å². The van der Waals surface area contributed by atoms with Gasteiger partial charge in [-0.25, -0.2) is 0 Å². The smallest absolute Gasteiger partial charge is 0.358 e. The molecular formula is C17H26CrN. The summed E-state index contributed by atoms with van der Waals surface area (Å²) in [7, 11) is 0. The monoisotopic (exact) mass is 296 g/mol. The van der Waals surface area contributed by atoms with Gasteiger partial charge in [0.2, 0.25) is 0 Å². The van der Waals surface area contributed by atoms with Crippen LogP contribution in [0.3, 0.4) is 0 Å². The van der Waals surface area contributed by atoms with Crippen LogP contribution in [0.1, 0.15) is 27.8 Å². The van der Waals surface area contributed by atoms with E-state index >= 15 is 0 Å². The van der Waals surface area contributed by atoms with Gasteiger partial charge in [-0.15, -0.1) is 0 Å². The number of hydrogen-bond acceptors (Lipinski definition) is 1. The van der Waals surface area contributed by atoms with Gasteiger partial charge in [0, 0.05) is 12.4 Å². The van der Waals surface area contributed by atoms with Gasteiger partial charge in [0.15, 0.2) is 0 Å². The summed E-state index contributed by atoms with van der Waals surface area (Å²) in [5, 5.41) is 0. The Kier molecular flexibility index (Phi) is 13.3. The van der Waals surface area contributed by atoms with E-state index in [4.69, 9.17) is 0 Å². The van der Waals surface area contributed by atoms with Crippen LogP contribution < -0.4 is 0 Å². The second kappa shape index (κ2) is 10.9. The Hall–Kier alpha value is -0.968. The normalized spacial score (nSPS) is 8.05. The topological polar surface area (TPSA) is 12.9 Å². The van der Waals surface area contributed by atoms with Crippen molar-refractivity contribution in [1.29, 1.82) is 0 Å². The third-order valence-corrected chi connectivity index (χ3v) is 3.38. The summed E-state index contributed by atoms with van der Waals surface area (Å²) in [5.74, 6) is 0. The Bertz CT molecular complexity index is 337. The molecule has 0 saturated carbocycles. The van der Waals surface area contributed by atoms with Gasteiger partial charge in [-0.2, -0.15) is 27.8 Å². The van der Waals surface area contributed by atoms with Crippen molar-refractivity contribution in [3.8, 4) is 0 Å². The van der Waals surface area contributed by atoms with Gasteiger partial charge in [-0.1, -0.05) is 40.7 Å². The summed E-state index contributed by atoms with van der Waals surface area (Å²) >= 11 is 0. The maximum Gasteiger partial charge on any atom is 3.00 e. The zero-order chi connectivity index (χ0) is 12.1. The van der Waals surface area contributed by atoms with Crippen LogP contribution in [-0.2, 0) is 17.4 Å². The predicted octanol–water partition coefficient (Wildman–Crippen LogP) is 4.93. The second-order valence-corrected chi connectivity index (χ2v) is 4.15. The zero-order valence-corrected chi connectivity index (χ0v) is 14.5. The molecule has 0 bridgehead atoms. The molecular weight excluding hydrogens is 270 g/mol. The first kappa shape index (κ1) is 23.1. The quantitative estimate of drug-likeness (QED) is 0.628. The Morgan fingerprint density at radius 1 is 0.789 bits per heavy atom. The predicted molar refractivity (Wildman–Crippen MR) is 82.8 cm³/mol. The Morgan fingerprint density at radius 3 is 1.26 bits per heavy atom. The van der Waals surface area contributed by atoms with E-state index in [1.807, 2.05) is 18.2 Å². The summed E-state index contributed by atoms with van der Waals surface area (Å²) in [4.78, 5) is 3.78. The summed E-state index contributed by atoms with van der Waals surface area (Å²) in [5.41, 5.74) is 7.34. The minimum atomic E-state index is 0. The average molecular weight is 296 g/mol. The maximum absolute atomic E-state index is 3.78. The summed E-state index contributed by atoms with van der Waals surface area (Å²) in [6.07, 6.45) is 3.50. The molecule has 1 nitrogen and oxygen atoms in total. The maximum atomic E-state index is 3.78. The number of aromatic nitrogens is 1. The van der Waals surface area contributed by atoms with Crippen molar-refractivity contribution in [1.82, 2.24) is 4.98 Å². The molecule has 0 aliphatic rings. The molecule has 2 aromatic rings. The summed E-state index contributed by atoms with van der Waals surface area (Å²) in [6, 6.07) is 5.72. The third kappa shape index (κ3) is 6.14. The third-order valence-electron chi connectivity index (χ3n) is 3.38. The molecule has 0 atom stereocenters. The molecule has 2 rings (SSSR count). The molecule has 1 heterocycles. The Balaban J connectivity index is -0.000000252. The first-order chi connectivity index (χ1) is 7.55. The number of nitrogens with zero attached hydrogens (tertiary/aromatic N) is 1. The second-order valence-electron chi connectivity index (χ2n) is 4.15. The molecule has 1 aromatic carbocycles. The fourth-order valence-electron chi connectivity index (χ4n) is 1.72. The van der Waals surface area contributed by atoms with Gasteiger partial charge in [0.25, 0.3) is 0 Å². The molecule has 0 amide bonds. The first-order valence-corrected chi connectivity index (χ1v) is 5.60. The molecule has 2 heteroatoms. The number of hydrogen-bond donors (Lipinski definition) is 0. The van der Waals surface area contributed by atoms with Crippen LogP contribution in [0.25, 0.3) is 0 Å². The molecule has 0 aliphatic carbocycles. The van der Waals surface area contributed by atoms with Crippen LogP contribution >= 0.6 is 0 Å². The fraction of sp³-hybridized carbons (Fsp3) is 0.294. The zero-order valence-electron chi connectivity index (χ0n) is 13.2. The number of rotatable bonds is 0. The van der Waals surface area contributed by atoms with Crippen molar-refractivity contribution in [2.24, 2.45) is 0 Å². The standard InChI is InChI=1S/C10H15.C5H5N.2CH3.Cr/c1-6-7(2)9(4)10(5)8(6)3;1-2-4-6-5-3-1;;;/h1-5H3;1-5H;2*1H3;/q-1;;2*-1;+3. The number of pyridine rings is 1. The van der Waals surface area contributed by atoms with Crippen LogP contribution in [0.5, 0.6) is 0 Å². The van der Waals surface area contributed by atoms with Gasteiger partial charge in [0.1, 0.15) is 0 Å². The van der Waals surface area contributed by atoms with Crippen molar-refractivity contribution >= 4 is 0 Å². The molecule has 105 valence electrons. The molecule has 1 radical (unpaired) electrons.